The maximum absolute atomic E-state index is 10.3. The summed E-state index contributed by atoms with van der Waals surface area (Å²) in [5.74, 6) is 0. The Morgan fingerprint density at radius 2 is 2.14 bits per heavy atom. The Bertz CT molecular complexity index is 343. The number of alkyl halides is 1. The molecule has 4 heteroatoms. The molecule has 1 saturated heterocycles. The Morgan fingerprint density at radius 1 is 1.50 bits per heavy atom. The topological polar surface area (TPSA) is 32.7 Å². The van der Waals surface area contributed by atoms with Gasteiger partial charge in [0.2, 0.25) is 0 Å². The molecule has 1 fully saturated rings. The van der Waals surface area contributed by atoms with Gasteiger partial charge in [-0.2, -0.15) is 0 Å². The van der Waals surface area contributed by atoms with E-state index in [2.05, 4.69) is 5.29 Å². The minimum atomic E-state index is -0.449. The van der Waals surface area contributed by atoms with E-state index in [1.165, 1.54) is 5.01 Å². The fourth-order valence-electron chi connectivity index (χ4n) is 1.78. The van der Waals surface area contributed by atoms with E-state index in [0.717, 1.165) is 5.56 Å². The van der Waals surface area contributed by atoms with Crippen LogP contribution in [0.25, 0.3) is 0 Å². The molecule has 0 amide bonds. The molecule has 1 heterocycles. The minimum absolute atomic E-state index is 0.0379. The summed E-state index contributed by atoms with van der Waals surface area (Å²) in [6.07, 6.45) is 0. The van der Waals surface area contributed by atoms with Crippen LogP contribution in [0.4, 0.5) is 0 Å². The molecule has 0 N–H and O–H groups in total. The summed E-state index contributed by atoms with van der Waals surface area (Å²) in [6, 6.07) is 9.76. The van der Waals surface area contributed by atoms with Gasteiger partial charge >= 0.3 is 0 Å². The van der Waals surface area contributed by atoms with Crippen molar-refractivity contribution < 1.29 is 0 Å². The van der Waals surface area contributed by atoms with Crippen molar-refractivity contribution in [2.75, 3.05) is 6.54 Å². The van der Waals surface area contributed by atoms with Crippen molar-refractivity contribution in [1.29, 1.82) is 0 Å². The van der Waals surface area contributed by atoms with Crippen molar-refractivity contribution in [2.24, 2.45) is 5.29 Å². The predicted octanol–water partition coefficient (Wildman–Crippen LogP) is 2.51. The van der Waals surface area contributed by atoms with Crippen molar-refractivity contribution in [1.82, 2.24) is 5.01 Å². The first-order valence-electron chi connectivity index (χ1n) is 4.53. The largest absolute Gasteiger partial charge is 0.254 e. The number of nitroso groups, excluding NO2 is 1. The van der Waals surface area contributed by atoms with Gasteiger partial charge in [0, 0.05) is 0 Å². The van der Waals surface area contributed by atoms with Crippen LogP contribution >= 0.6 is 11.6 Å². The second kappa shape index (κ2) is 3.24. The van der Waals surface area contributed by atoms with Crippen LogP contribution in [-0.4, -0.2) is 17.6 Å². The summed E-state index contributed by atoms with van der Waals surface area (Å²) in [4.78, 5) is 9.88. The molecular formula is C10H11ClN2O. The lowest BCUT2D eigenvalue weighted by molar-refractivity contribution is 0.0475. The summed E-state index contributed by atoms with van der Waals surface area (Å²) in [5, 5.41) is 4.35. The van der Waals surface area contributed by atoms with Gasteiger partial charge in [-0.1, -0.05) is 30.3 Å². The third-order valence-electron chi connectivity index (χ3n) is 2.86. The Labute approximate surface area is 87.6 Å². The van der Waals surface area contributed by atoms with Crippen LogP contribution in [0.3, 0.4) is 0 Å². The van der Waals surface area contributed by atoms with E-state index in [-0.39, 0.29) is 6.04 Å². The summed E-state index contributed by atoms with van der Waals surface area (Å²) in [5.41, 5.74) is 1.05. The molecule has 1 aromatic rings. The summed E-state index contributed by atoms with van der Waals surface area (Å²) < 4.78 is 0. The normalized spacial score (nSPS) is 31.0. The van der Waals surface area contributed by atoms with Crippen LogP contribution < -0.4 is 0 Å². The molecule has 1 aliphatic heterocycles. The van der Waals surface area contributed by atoms with Crippen molar-refractivity contribution >= 4 is 11.6 Å². The molecule has 0 spiro atoms. The lowest BCUT2D eigenvalue weighted by atomic mass is 9.84. The number of hydrogen-bond donors (Lipinski definition) is 0. The molecule has 1 aromatic carbocycles. The average Bonchev–Trinajstić information content (AvgIpc) is 2.26. The second-order valence-corrected chi connectivity index (χ2v) is 4.26. The Balaban J connectivity index is 2.24. The molecule has 0 radical (unpaired) electrons. The van der Waals surface area contributed by atoms with E-state index in [4.69, 9.17) is 11.6 Å². The molecule has 3 nitrogen and oxygen atoms in total. The highest BCUT2D eigenvalue weighted by Crippen LogP contribution is 2.44. The van der Waals surface area contributed by atoms with E-state index in [1.807, 2.05) is 37.3 Å². The maximum atomic E-state index is 10.3. The van der Waals surface area contributed by atoms with Gasteiger partial charge in [0.25, 0.3) is 0 Å². The average molecular weight is 211 g/mol. The third-order valence-corrected chi connectivity index (χ3v) is 3.51. The number of hydrogen-bond acceptors (Lipinski definition) is 2. The van der Waals surface area contributed by atoms with Gasteiger partial charge in [-0.25, -0.2) is 0 Å². The molecule has 74 valence electrons. The standard InChI is InChI=1S/C10H11ClN2O/c1-8-10(11,7-13(8)12-14)9-5-3-2-4-6-9/h2-6,8H,7H2,1H3. The fraction of sp³-hybridized carbons (Fsp3) is 0.400. The smallest absolute Gasteiger partial charge is 0.110 e. The highest BCUT2D eigenvalue weighted by molar-refractivity contribution is 6.25. The van der Waals surface area contributed by atoms with Crippen LogP contribution in [-0.2, 0) is 4.87 Å². The first kappa shape index (κ1) is 9.46. The van der Waals surface area contributed by atoms with Crippen LogP contribution in [0.2, 0.25) is 0 Å². The van der Waals surface area contributed by atoms with Crippen LogP contribution in [0.1, 0.15) is 12.5 Å². The number of rotatable bonds is 2. The van der Waals surface area contributed by atoms with Gasteiger partial charge in [-0.15, -0.1) is 16.5 Å². The monoisotopic (exact) mass is 210 g/mol. The van der Waals surface area contributed by atoms with Gasteiger partial charge in [-0.3, -0.25) is 5.01 Å². The molecule has 2 rings (SSSR count). The molecule has 0 bridgehead atoms. The lowest BCUT2D eigenvalue weighted by Crippen LogP contribution is -2.60. The molecule has 0 saturated carbocycles. The molecule has 1 aliphatic rings. The quantitative estimate of drug-likeness (QED) is 0.555. The molecule has 2 atom stereocenters. The number of benzene rings is 1. The fourth-order valence-corrected chi connectivity index (χ4v) is 2.14. The van der Waals surface area contributed by atoms with Gasteiger partial charge in [0.1, 0.15) is 4.87 Å². The van der Waals surface area contributed by atoms with Gasteiger partial charge in [-0.05, 0) is 12.5 Å². The first-order chi connectivity index (χ1) is 6.68. The van der Waals surface area contributed by atoms with E-state index in [0.29, 0.717) is 6.54 Å². The number of halogens is 1. The Kier molecular flexibility index (Phi) is 2.19. The SMILES string of the molecule is CC1N(N=O)CC1(Cl)c1ccccc1. The highest BCUT2D eigenvalue weighted by atomic mass is 35.5. The predicted molar refractivity (Wildman–Crippen MR) is 55.9 cm³/mol. The summed E-state index contributed by atoms with van der Waals surface area (Å²) in [7, 11) is 0. The van der Waals surface area contributed by atoms with Crippen LogP contribution in [0, 0.1) is 4.91 Å². The Hall–Kier alpha value is -1.09. The molecular weight excluding hydrogens is 200 g/mol. The zero-order valence-electron chi connectivity index (χ0n) is 7.85. The highest BCUT2D eigenvalue weighted by Gasteiger charge is 2.50. The van der Waals surface area contributed by atoms with Crippen LogP contribution in [0.15, 0.2) is 35.6 Å². The minimum Gasteiger partial charge on any atom is -0.254 e. The van der Waals surface area contributed by atoms with E-state index < -0.39 is 4.87 Å². The zero-order valence-corrected chi connectivity index (χ0v) is 8.61. The van der Waals surface area contributed by atoms with Gasteiger partial charge in [0.05, 0.1) is 17.9 Å². The van der Waals surface area contributed by atoms with Crippen molar-refractivity contribution in [3.8, 4) is 0 Å². The van der Waals surface area contributed by atoms with Crippen LogP contribution in [0.5, 0.6) is 0 Å². The van der Waals surface area contributed by atoms with Crippen molar-refractivity contribution in [2.45, 2.75) is 17.8 Å². The molecule has 14 heavy (non-hydrogen) atoms. The molecule has 2 unspecified atom stereocenters. The summed E-state index contributed by atoms with van der Waals surface area (Å²) in [6.45, 7) is 2.40. The number of nitrogens with zero attached hydrogens (tertiary/aromatic N) is 2. The van der Waals surface area contributed by atoms with Gasteiger partial charge in [0.15, 0.2) is 0 Å². The Morgan fingerprint density at radius 3 is 2.64 bits per heavy atom. The lowest BCUT2D eigenvalue weighted by Gasteiger charge is -2.49. The zero-order chi connectivity index (χ0) is 10.2. The van der Waals surface area contributed by atoms with E-state index in [1.54, 1.807) is 0 Å². The van der Waals surface area contributed by atoms with Crippen molar-refractivity contribution in [3.05, 3.63) is 40.8 Å². The molecule has 0 aliphatic carbocycles. The van der Waals surface area contributed by atoms with E-state index in [9.17, 15) is 4.91 Å². The second-order valence-electron chi connectivity index (χ2n) is 3.58. The third kappa shape index (κ3) is 1.20. The van der Waals surface area contributed by atoms with Gasteiger partial charge < -0.3 is 0 Å². The van der Waals surface area contributed by atoms with Crippen molar-refractivity contribution in [3.63, 3.8) is 0 Å². The molecule has 0 aromatic heterocycles. The van der Waals surface area contributed by atoms with E-state index >= 15 is 0 Å². The first-order valence-corrected chi connectivity index (χ1v) is 4.90. The maximum Gasteiger partial charge on any atom is 0.110 e. The summed E-state index contributed by atoms with van der Waals surface area (Å²) >= 11 is 6.42.